The predicted octanol–water partition coefficient (Wildman–Crippen LogP) is 1.68. The summed E-state index contributed by atoms with van der Waals surface area (Å²) < 4.78 is 2.65. The van der Waals surface area contributed by atoms with Crippen molar-refractivity contribution in [2.45, 2.75) is 6.54 Å². The molecule has 4 heterocycles. The lowest BCUT2D eigenvalue weighted by Gasteiger charge is -2.38. The molecular weight excluding hydrogens is 378 g/mol. The molecule has 3 aromatic heterocycles. The number of likely N-dealkylation sites (tertiary alicyclic amines) is 1. The van der Waals surface area contributed by atoms with Gasteiger partial charge in [-0.15, -0.1) is 11.3 Å². The Morgan fingerprint density at radius 3 is 3.07 bits per heavy atom. The number of carbonyl (C=O) groups excluding carboxylic acids is 1. The van der Waals surface area contributed by atoms with E-state index in [0.717, 1.165) is 41.4 Å². The normalized spacial score (nSPS) is 14.1. The lowest BCUT2D eigenvalue weighted by Crippen LogP contribution is -2.51. The molecule has 3 aromatic rings. The molecular formula is C18H21N7O2S. The Morgan fingerprint density at radius 2 is 2.29 bits per heavy atom. The first-order valence-corrected chi connectivity index (χ1v) is 9.85. The van der Waals surface area contributed by atoms with Gasteiger partial charge in [-0.3, -0.25) is 9.48 Å². The van der Waals surface area contributed by atoms with Crippen molar-refractivity contribution in [2.75, 3.05) is 36.9 Å². The molecule has 0 radical (unpaired) electrons. The zero-order valence-electron chi connectivity index (χ0n) is 15.2. The number of aliphatic hydroxyl groups excluding tert-OH is 1. The number of carbonyl (C=O) groups is 1. The third-order valence-electron chi connectivity index (χ3n) is 4.52. The molecule has 1 aliphatic rings. The van der Waals surface area contributed by atoms with Gasteiger partial charge in [0.2, 0.25) is 11.9 Å². The fourth-order valence-electron chi connectivity index (χ4n) is 3.07. The van der Waals surface area contributed by atoms with Crippen molar-refractivity contribution in [1.82, 2.24) is 24.6 Å². The summed E-state index contributed by atoms with van der Waals surface area (Å²) in [7, 11) is 0. The number of nitrogens with zero attached hydrogens (tertiary/aromatic N) is 5. The first-order chi connectivity index (χ1) is 13.7. The summed E-state index contributed by atoms with van der Waals surface area (Å²) >= 11 is 1.59. The number of amides is 1. The second kappa shape index (κ2) is 7.95. The molecule has 0 spiro atoms. The molecule has 4 rings (SSSR count). The van der Waals surface area contributed by atoms with Gasteiger partial charge in [0.05, 0.1) is 35.3 Å². The van der Waals surface area contributed by atoms with Crippen molar-refractivity contribution in [2.24, 2.45) is 5.92 Å². The highest BCUT2D eigenvalue weighted by Gasteiger charge is 2.29. The van der Waals surface area contributed by atoms with Crippen LogP contribution in [0.4, 0.5) is 17.5 Å². The van der Waals surface area contributed by atoms with Gasteiger partial charge < -0.3 is 20.6 Å². The number of rotatable bonds is 8. The molecule has 0 aliphatic carbocycles. The quantitative estimate of drug-likeness (QED) is 0.495. The third kappa shape index (κ3) is 3.82. The van der Waals surface area contributed by atoms with E-state index in [-0.39, 0.29) is 12.5 Å². The fraction of sp³-hybridized carbons (Fsp3) is 0.333. The third-order valence-corrected chi connectivity index (χ3v) is 5.43. The van der Waals surface area contributed by atoms with E-state index in [0.29, 0.717) is 18.4 Å². The SMILES string of the molecule is C=CC(=O)N1CC(CNc2nc(Nc3cnn(CCO)c3)nc3ccsc23)C1. The van der Waals surface area contributed by atoms with Crippen LogP contribution in [-0.4, -0.2) is 61.9 Å². The Kier molecular flexibility index (Phi) is 5.22. The summed E-state index contributed by atoms with van der Waals surface area (Å²) in [5.74, 6) is 1.63. The van der Waals surface area contributed by atoms with Crippen LogP contribution < -0.4 is 10.6 Å². The predicted molar refractivity (Wildman–Crippen MR) is 109 cm³/mol. The Morgan fingerprint density at radius 1 is 1.43 bits per heavy atom. The Labute approximate surface area is 165 Å². The van der Waals surface area contributed by atoms with Crippen LogP contribution in [-0.2, 0) is 11.3 Å². The highest BCUT2D eigenvalue weighted by molar-refractivity contribution is 7.17. The van der Waals surface area contributed by atoms with Gasteiger partial charge in [-0.25, -0.2) is 4.98 Å². The molecule has 9 nitrogen and oxygen atoms in total. The molecule has 28 heavy (non-hydrogen) atoms. The minimum absolute atomic E-state index is 0.0211. The lowest BCUT2D eigenvalue weighted by molar-refractivity contribution is -0.131. The maximum absolute atomic E-state index is 11.6. The van der Waals surface area contributed by atoms with Gasteiger partial charge in [0, 0.05) is 31.7 Å². The van der Waals surface area contributed by atoms with Crippen LogP contribution in [0.25, 0.3) is 10.2 Å². The van der Waals surface area contributed by atoms with Crippen LogP contribution >= 0.6 is 11.3 Å². The van der Waals surface area contributed by atoms with Gasteiger partial charge in [-0.2, -0.15) is 10.1 Å². The van der Waals surface area contributed by atoms with Crippen LogP contribution in [0.2, 0.25) is 0 Å². The van der Waals surface area contributed by atoms with Crippen LogP contribution in [0.5, 0.6) is 0 Å². The number of anilines is 3. The number of aromatic nitrogens is 4. The van der Waals surface area contributed by atoms with Crippen LogP contribution in [0.1, 0.15) is 0 Å². The molecule has 146 valence electrons. The highest BCUT2D eigenvalue weighted by atomic mass is 32.1. The summed E-state index contributed by atoms with van der Waals surface area (Å²) in [5, 5.41) is 21.7. The molecule has 0 atom stereocenters. The van der Waals surface area contributed by atoms with Crippen LogP contribution in [0, 0.1) is 5.92 Å². The van der Waals surface area contributed by atoms with Gasteiger partial charge in [0.1, 0.15) is 5.82 Å². The Hall–Kier alpha value is -2.98. The van der Waals surface area contributed by atoms with Crippen molar-refractivity contribution in [3.05, 3.63) is 36.5 Å². The summed E-state index contributed by atoms with van der Waals surface area (Å²) in [6.45, 7) is 6.18. The zero-order valence-corrected chi connectivity index (χ0v) is 16.0. The van der Waals surface area contributed by atoms with Gasteiger partial charge in [-0.05, 0) is 17.5 Å². The molecule has 3 N–H and O–H groups in total. The standard InChI is InChI=1S/C18H21N7O2S/c1-2-15(27)24-9-12(10-24)7-19-17-16-14(3-6-28-16)22-18(23-17)21-13-8-20-25(11-13)4-5-26/h2-3,6,8,11-12,26H,1,4-5,7,9-10H2,(H2,19,21,22,23). The molecule has 0 saturated carbocycles. The van der Waals surface area contributed by atoms with Crippen LogP contribution in [0.3, 0.4) is 0 Å². The number of fused-ring (bicyclic) bond motifs is 1. The summed E-state index contributed by atoms with van der Waals surface area (Å²) in [6.07, 6.45) is 4.82. The Balaban J connectivity index is 1.45. The number of thiophene rings is 1. The first kappa shape index (κ1) is 18.4. The van der Waals surface area contributed by atoms with Crippen molar-refractivity contribution >= 4 is 44.9 Å². The average Bonchev–Trinajstić information content (AvgIpc) is 3.29. The number of nitrogens with one attached hydrogen (secondary N) is 2. The molecule has 1 fully saturated rings. The summed E-state index contributed by atoms with van der Waals surface area (Å²) in [5.41, 5.74) is 1.62. The molecule has 0 unspecified atom stereocenters. The second-order valence-corrected chi connectivity index (χ2v) is 7.48. The van der Waals surface area contributed by atoms with E-state index in [1.54, 1.807) is 33.3 Å². The highest BCUT2D eigenvalue weighted by Crippen LogP contribution is 2.29. The van der Waals surface area contributed by atoms with E-state index in [1.807, 2.05) is 11.4 Å². The molecule has 0 aromatic carbocycles. The minimum Gasteiger partial charge on any atom is -0.394 e. The molecule has 1 amide bonds. The smallest absolute Gasteiger partial charge is 0.245 e. The summed E-state index contributed by atoms with van der Waals surface area (Å²) in [6, 6.07) is 1.96. The molecule has 1 aliphatic heterocycles. The molecule has 1 saturated heterocycles. The number of hydrogen-bond donors (Lipinski definition) is 3. The molecule has 0 bridgehead atoms. The fourth-order valence-corrected chi connectivity index (χ4v) is 3.87. The van der Waals surface area contributed by atoms with E-state index in [4.69, 9.17) is 5.11 Å². The monoisotopic (exact) mass is 399 g/mol. The van der Waals surface area contributed by atoms with Gasteiger partial charge in [0.15, 0.2) is 0 Å². The van der Waals surface area contributed by atoms with Crippen molar-refractivity contribution in [3.63, 3.8) is 0 Å². The van der Waals surface area contributed by atoms with Gasteiger partial charge >= 0.3 is 0 Å². The average molecular weight is 399 g/mol. The van der Waals surface area contributed by atoms with Crippen LogP contribution in [0.15, 0.2) is 36.5 Å². The van der Waals surface area contributed by atoms with Crippen molar-refractivity contribution < 1.29 is 9.90 Å². The largest absolute Gasteiger partial charge is 0.394 e. The maximum atomic E-state index is 11.6. The maximum Gasteiger partial charge on any atom is 0.245 e. The summed E-state index contributed by atoms with van der Waals surface area (Å²) in [4.78, 5) is 22.5. The van der Waals surface area contributed by atoms with E-state index in [2.05, 4.69) is 32.3 Å². The minimum atomic E-state index is -0.0211. The number of hydrogen-bond acceptors (Lipinski definition) is 8. The van der Waals surface area contributed by atoms with E-state index in [1.165, 1.54) is 6.08 Å². The Bertz CT molecular complexity index is 993. The first-order valence-electron chi connectivity index (χ1n) is 8.97. The molecule has 10 heteroatoms. The number of aliphatic hydroxyl groups is 1. The second-order valence-electron chi connectivity index (χ2n) is 6.57. The van der Waals surface area contributed by atoms with Gasteiger partial charge in [0.25, 0.3) is 0 Å². The van der Waals surface area contributed by atoms with Gasteiger partial charge in [-0.1, -0.05) is 6.58 Å². The topological polar surface area (TPSA) is 108 Å². The zero-order chi connectivity index (χ0) is 19.5. The van der Waals surface area contributed by atoms with E-state index in [9.17, 15) is 4.79 Å². The van der Waals surface area contributed by atoms with E-state index < -0.39 is 0 Å². The van der Waals surface area contributed by atoms with Crippen molar-refractivity contribution in [1.29, 1.82) is 0 Å². The van der Waals surface area contributed by atoms with Crippen molar-refractivity contribution in [3.8, 4) is 0 Å². The van der Waals surface area contributed by atoms with E-state index >= 15 is 0 Å². The lowest BCUT2D eigenvalue weighted by atomic mass is 10.00.